The molecule has 1 saturated heterocycles. The first kappa shape index (κ1) is 9.56. The highest BCUT2D eigenvalue weighted by atomic mass is 16.6. The summed E-state index contributed by atoms with van der Waals surface area (Å²) >= 11 is 0. The molecule has 70 valence electrons. The number of carbonyl (C=O) groups excluding carboxylic acids is 1. The molecule has 1 fully saturated rings. The molecule has 0 N–H and O–H groups in total. The maximum atomic E-state index is 11.1. The van der Waals surface area contributed by atoms with Gasteiger partial charge in [0.05, 0.1) is 6.42 Å². The van der Waals surface area contributed by atoms with Gasteiger partial charge in [0, 0.05) is 5.92 Å². The molecule has 0 amide bonds. The Morgan fingerprint density at radius 2 is 2.25 bits per heavy atom. The first-order valence-corrected chi connectivity index (χ1v) is 4.74. The van der Waals surface area contributed by atoms with Crippen molar-refractivity contribution >= 4 is 5.97 Å². The second-order valence-corrected chi connectivity index (χ2v) is 4.04. The minimum Gasteiger partial charge on any atom is -0.458 e. The zero-order valence-corrected chi connectivity index (χ0v) is 8.39. The number of cyclic esters (lactones) is 1. The third-order valence-corrected chi connectivity index (χ3v) is 3.14. The average Bonchev–Trinajstić information content (AvgIpc) is 2.26. The predicted octanol–water partition coefficient (Wildman–Crippen LogP) is 2.37. The van der Waals surface area contributed by atoms with E-state index in [9.17, 15) is 4.79 Å². The second kappa shape index (κ2) is 3.08. The van der Waals surface area contributed by atoms with Crippen molar-refractivity contribution in [3.05, 3.63) is 0 Å². The van der Waals surface area contributed by atoms with Crippen LogP contribution >= 0.6 is 0 Å². The Morgan fingerprint density at radius 3 is 2.42 bits per heavy atom. The summed E-state index contributed by atoms with van der Waals surface area (Å²) in [6.45, 7) is 8.45. The summed E-state index contributed by atoms with van der Waals surface area (Å²) in [7, 11) is 0. The Kier molecular flexibility index (Phi) is 2.45. The van der Waals surface area contributed by atoms with Crippen LogP contribution in [0.3, 0.4) is 0 Å². The number of hydrogen-bond acceptors (Lipinski definition) is 2. The van der Waals surface area contributed by atoms with E-state index in [1.807, 2.05) is 0 Å². The van der Waals surface area contributed by atoms with E-state index in [0.717, 1.165) is 6.42 Å². The summed E-state index contributed by atoms with van der Waals surface area (Å²) in [5, 5.41) is 0. The minimum absolute atomic E-state index is 0.0296. The van der Waals surface area contributed by atoms with Crippen LogP contribution in [0.4, 0.5) is 0 Å². The third-order valence-electron chi connectivity index (χ3n) is 3.14. The fraction of sp³-hybridized carbons (Fsp3) is 0.900. The van der Waals surface area contributed by atoms with Crippen molar-refractivity contribution in [2.24, 2.45) is 11.8 Å². The van der Waals surface area contributed by atoms with Crippen LogP contribution in [-0.4, -0.2) is 11.6 Å². The van der Waals surface area contributed by atoms with E-state index in [1.165, 1.54) is 0 Å². The van der Waals surface area contributed by atoms with Gasteiger partial charge >= 0.3 is 5.97 Å². The molecule has 1 heterocycles. The summed E-state index contributed by atoms with van der Waals surface area (Å²) in [6, 6.07) is 0. The molecule has 0 radical (unpaired) electrons. The highest BCUT2D eigenvalue weighted by Crippen LogP contribution is 2.41. The fourth-order valence-electron chi connectivity index (χ4n) is 2.29. The molecule has 0 aromatic carbocycles. The normalized spacial score (nSPS) is 35.8. The highest BCUT2D eigenvalue weighted by molar-refractivity contribution is 5.72. The van der Waals surface area contributed by atoms with Gasteiger partial charge in [0.15, 0.2) is 0 Å². The van der Waals surface area contributed by atoms with Gasteiger partial charge in [-0.15, -0.1) is 0 Å². The molecule has 0 aliphatic carbocycles. The summed E-state index contributed by atoms with van der Waals surface area (Å²) in [4.78, 5) is 11.1. The molecule has 0 spiro atoms. The lowest BCUT2D eigenvalue weighted by Gasteiger charge is -2.34. The number of esters is 1. The monoisotopic (exact) mass is 170 g/mol. The molecule has 0 bridgehead atoms. The summed E-state index contributed by atoms with van der Waals surface area (Å²) < 4.78 is 5.43. The van der Waals surface area contributed by atoms with Gasteiger partial charge in [-0.05, 0) is 12.3 Å². The van der Waals surface area contributed by atoms with Crippen molar-refractivity contribution in [2.45, 2.75) is 46.1 Å². The molecule has 2 heteroatoms. The molecule has 0 unspecified atom stereocenters. The SMILES string of the molecule is CC[C@]1(C(C)C)OC(=O)C[C@H]1C. The Labute approximate surface area is 74.3 Å². The van der Waals surface area contributed by atoms with Gasteiger partial charge in [-0.2, -0.15) is 0 Å². The highest BCUT2D eigenvalue weighted by Gasteiger charge is 2.47. The molecule has 2 atom stereocenters. The Hall–Kier alpha value is -0.530. The van der Waals surface area contributed by atoms with E-state index in [4.69, 9.17) is 4.74 Å². The van der Waals surface area contributed by atoms with Crippen molar-refractivity contribution < 1.29 is 9.53 Å². The smallest absolute Gasteiger partial charge is 0.306 e. The van der Waals surface area contributed by atoms with Gasteiger partial charge < -0.3 is 4.74 Å². The minimum atomic E-state index is -0.183. The molecule has 12 heavy (non-hydrogen) atoms. The van der Waals surface area contributed by atoms with Gasteiger partial charge in [0.1, 0.15) is 5.60 Å². The number of carbonyl (C=O) groups is 1. The lowest BCUT2D eigenvalue weighted by molar-refractivity contribution is -0.154. The topological polar surface area (TPSA) is 26.3 Å². The van der Waals surface area contributed by atoms with Crippen LogP contribution < -0.4 is 0 Å². The lowest BCUT2D eigenvalue weighted by atomic mass is 9.78. The molecule has 2 nitrogen and oxygen atoms in total. The maximum absolute atomic E-state index is 11.1. The average molecular weight is 170 g/mol. The second-order valence-electron chi connectivity index (χ2n) is 4.04. The fourth-order valence-corrected chi connectivity index (χ4v) is 2.29. The zero-order chi connectivity index (χ0) is 9.35. The van der Waals surface area contributed by atoms with Gasteiger partial charge in [0.2, 0.25) is 0 Å². The predicted molar refractivity (Wildman–Crippen MR) is 47.7 cm³/mol. The van der Waals surface area contributed by atoms with Gasteiger partial charge in [-0.25, -0.2) is 0 Å². The first-order valence-electron chi connectivity index (χ1n) is 4.74. The van der Waals surface area contributed by atoms with Crippen LogP contribution in [0.15, 0.2) is 0 Å². The van der Waals surface area contributed by atoms with Crippen molar-refractivity contribution in [2.75, 3.05) is 0 Å². The molecule has 0 aromatic heterocycles. The Balaban J connectivity index is 2.86. The molecule has 1 rings (SSSR count). The quantitative estimate of drug-likeness (QED) is 0.595. The largest absolute Gasteiger partial charge is 0.458 e. The van der Waals surface area contributed by atoms with Gasteiger partial charge in [-0.1, -0.05) is 27.7 Å². The summed E-state index contributed by atoms with van der Waals surface area (Å²) in [5.74, 6) is 0.761. The van der Waals surface area contributed by atoms with Crippen LogP contribution in [0.5, 0.6) is 0 Å². The number of hydrogen-bond donors (Lipinski definition) is 0. The van der Waals surface area contributed by atoms with E-state index >= 15 is 0 Å². The van der Waals surface area contributed by atoms with E-state index in [2.05, 4.69) is 27.7 Å². The van der Waals surface area contributed by atoms with Crippen molar-refractivity contribution in [3.63, 3.8) is 0 Å². The third kappa shape index (κ3) is 1.23. The Morgan fingerprint density at radius 1 is 1.67 bits per heavy atom. The van der Waals surface area contributed by atoms with Crippen LogP contribution in [0.1, 0.15) is 40.5 Å². The van der Waals surface area contributed by atoms with E-state index in [0.29, 0.717) is 18.3 Å². The van der Waals surface area contributed by atoms with E-state index in [-0.39, 0.29) is 11.6 Å². The first-order chi connectivity index (χ1) is 5.53. The lowest BCUT2D eigenvalue weighted by Crippen LogP contribution is -2.39. The standard InChI is InChI=1S/C10H18O2/c1-5-10(7(2)3)8(4)6-9(11)12-10/h7-8H,5-6H2,1-4H3/t8-,10-/m1/s1. The molecular formula is C10H18O2. The van der Waals surface area contributed by atoms with Gasteiger partial charge in [-0.3, -0.25) is 4.79 Å². The van der Waals surface area contributed by atoms with Crippen LogP contribution in [-0.2, 0) is 9.53 Å². The van der Waals surface area contributed by atoms with Crippen molar-refractivity contribution in [1.82, 2.24) is 0 Å². The maximum Gasteiger partial charge on any atom is 0.306 e. The molecular weight excluding hydrogens is 152 g/mol. The van der Waals surface area contributed by atoms with Crippen LogP contribution in [0.25, 0.3) is 0 Å². The number of rotatable bonds is 2. The summed E-state index contributed by atoms with van der Waals surface area (Å²) in [6.07, 6.45) is 1.52. The van der Waals surface area contributed by atoms with Gasteiger partial charge in [0.25, 0.3) is 0 Å². The van der Waals surface area contributed by atoms with E-state index in [1.54, 1.807) is 0 Å². The number of ether oxygens (including phenoxy) is 1. The van der Waals surface area contributed by atoms with Crippen LogP contribution in [0, 0.1) is 11.8 Å². The molecule has 0 saturated carbocycles. The van der Waals surface area contributed by atoms with Crippen molar-refractivity contribution in [1.29, 1.82) is 0 Å². The van der Waals surface area contributed by atoms with E-state index < -0.39 is 0 Å². The Bertz CT molecular complexity index is 186. The molecule has 1 aliphatic heterocycles. The molecule has 0 aromatic rings. The van der Waals surface area contributed by atoms with Crippen molar-refractivity contribution in [3.8, 4) is 0 Å². The zero-order valence-electron chi connectivity index (χ0n) is 8.39. The summed E-state index contributed by atoms with van der Waals surface area (Å²) in [5.41, 5.74) is -0.183. The molecule has 1 aliphatic rings. The van der Waals surface area contributed by atoms with Crippen LogP contribution in [0.2, 0.25) is 0 Å².